The average molecular weight is 162 g/mol. The largest absolute Gasteiger partial charge is 0.0958 e. The maximum absolute atomic E-state index is 4.07. The van der Waals surface area contributed by atoms with Crippen LogP contribution in [0.25, 0.3) is 0 Å². The average Bonchev–Trinajstić information content (AvgIpc) is 2.30. The molecule has 0 aromatic rings. The molecule has 1 fully saturated rings. The van der Waals surface area contributed by atoms with Gasteiger partial charge in [-0.3, -0.25) is 0 Å². The van der Waals surface area contributed by atoms with E-state index >= 15 is 0 Å². The summed E-state index contributed by atoms with van der Waals surface area (Å²) in [6, 6.07) is 0. The molecular formula is C12H18. The van der Waals surface area contributed by atoms with E-state index in [9.17, 15) is 0 Å². The number of hydrogen-bond donors (Lipinski definition) is 0. The Labute approximate surface area is 75.4 Å². The minimum Gasteiger partial charge on any atom is -0.0958 e. The molecule has 0 heterocycles. The first-order valence-electron chi connectivity index (χ1n) is 4.98. The van der Waals surface area contributed by atoms with Crippen LogP contribution >= 0.6 is 0 Å². The number of fused-ring (bicyclic) bond motifs is 1. The van der Waals surface area contributed by atoms with Gasteiger partial charge < -0.3 is 0 Å². The van der Waals surface area contributed by atoms with Crippen LogP contribution in [-0.2, 0) is 0 Å². The summed E-state index contributed by atoms with van der Waals surface area (Å²) < 4.78 is 0. The summed E-state index contributed by atoms with van der Waals surface area (Å²) in [5.74, 6) is 0.818. The number of hydrogen-bond acceptors (Lipinski definition) is 0. The van der Waals surface area contributed by atoms with E-state index in [1.807, 2.05) is 0 Å². The third-order valence-corrected chi connectivity index (χ3v) is 3.53. The molecule has 12 heavy (non-hydrogen) atoms. The summed E-state index contributed by atoms with van der Waals surface area (Å²) in [5, 5.41) is 0. The zero-order valence-corrected chi connectivity index (χ0v) is 8.19. The molecule has 0 bridgehead atoms. The maximum atomic E-state index is 4.07. The summed E-state index contributed by atoms with van der Waals surface area (Å²) in [6.45, 7) is 8.88. The second-order valence-electron chi connectivity index (χ2n) is 4.98. The summed E-state index contributed by atoms with van der Waals surface area (Å²) in [4.78, 5) is 0. The van der Waals surface area contributed by atoms with Crippen molar-refractivity contribution in [1.82, 2.24) is 0 Å². The van der Waals surface area contributed by atoms with Gasteiger partial charge in [-0.05, 0) is 37.0 Å². The van der Waals surface area contributed by atoms with E-state index in [4.69, 9.17) is 0 Å². The van der Waals surface area contributed by atoms with Crippen molar-refractivity contribution < 1.29 is 0 Å². The van der Waals surface area contributed by atoms with Crippen LogP contribution in [-0.4, -0.2) is 0 Å². The van der Waals surface area contributed by atoms with Crippen molar-refractivity contribution in [2.75, 3.05) is 0 Å². The molecule has 0 aromatic carbocycles. The summed E-state index contributed by atoms with van der Waals surface area (Å²) in [6.07, 6.45) is 7.66. The zero-order chi connectivity index (χ0) is 8.77. The fourth-order valence-electron chi connectivity index (χ4n) is 2.76. The third-order valence-electron chi connectivity index (χ3n) is 3.53. The summed E-state index contributed by atoms with van der Waals surface area (Å²) in [7, 11) is 0. The highest BCUT2D eigenvalue weighted by Crippen LogP contribution is 2.49. The van der Waals surface area contributed by atoms with Crippen LogP contribution in [0.15, 0.2) is 23.8 Å². The van der Waals surface area contributed by atoms with E-state index in [2.05, 4.69) is 26.5 Å². The van der Waals surface area contributed by atoms with Crippen molar-refractivity contribution in [3.05, 3.63) is 23.8 Å². The highest BCUT2D eigenvalue weighted by atomic mass is 14.4. The molecule has 0 aromatic heterocycles. The van der Waals surface area contributed by atoms with Crippen molar-refractivity contribution in [3.63, 3.8) is 0 Å². The predicted octanol–water partition coefficient (Wildman–Crippen LogP) is 3.70. The quantitative estimate of drug-likeness (QED) is 0.509. The van der Waals surface area contributed by atoms with E-state index in [0.717, 1.165) is 5.92 Å². The first-order valence-corrected chi connectivity index (χ1v) is 4.98. The molecule has 2 aliphatic rings. The molecule has 1 unspecified atom stereocenters. The standard InChI is InChI=1S/C12H18/c1-9-7-10-5-4-6-12(2,3)11(10)8-9/h7,11H,1,4-6,8H2,2-3H3. The van der Waals surface area contributed by atoms with E-state index in [0.29, 0.717) is 5.41 Å². The lowest BCUT2D eigenvalue weighted by molar-refractivity contribution is 0.196. The number of allylic oxidation sites excluding steroid dienone is 3. The Morgan fingerprint density at radius 1 is 1.50 bits per heavy atom. The monoisotopic (exact) mass is 162 g/mol. The normalized spacial score (nSPS) is 33.0. The molecular weight excluding hydrogens is 144 g/mol. The lowest BCUT2D eigenvalue weighted by atomic mass is 9.67. The Kier molecular flexibility index (Phi) is 1.67. The smallest absolute Gasteiger partial charge is 0.0108 e. The molecule has 1 saturated carbocycles. The van der Waals surface area contributed by atoms with Crippen LogP contribution in [0.1, 0.15) is 39.5 Å². The van der Waals surface area contributed by atoms with Crippen molar-refractivity contribution in [1.29, 1.82) is 0 Å². The van der Waals surface area contributed by atoms with Crippen molar-refractivity contribution in [3.8, 4) is 0 Å². The van der Waals surface area contributed by atoms with Gasteiger partial charge in [0.1, 0.15) is 0 Å². The molecule has 0 heteroatoms. The molecule has 0 amide bonds. The van der Waals surface area contributed by atoms with Crippen molar-refractivity contribution in [2.24, 2.45) is 11.3 Å². The minimum absolute atomic E-state index is 0.531. The molecule has 0 radical (unpaired) electrons. The van der Waals surface area contributed by atoms with Gasteiger partial charge in [0.05, 0.1) is 0 Å². The molecule has 2 rings (SSSR count). The molecule has 0 saturated heterocycles. The Bertz CT molecular complexity index is 243. The predicted molar refractivity (Wildman–Crippen MR) is 53.0 cm³/mol. The minimum atomic E-state index is 0.531. The van der Waals surface area contributed by atoms with Crippen LogP contribution in [0.2, 0.25) is 0 Å². The maximum Gasteiger partial charge on any atom is -0.0108 e. The van der Waals surface area contributed by atoms with E-state index < -0.39 is 0 Å². The second kappa shape index (κ2) is 2.48. The molecule has 1 atom stereocenters. The molecule has 0 nitrogen and oxygen atoms in total. The van der Waals surface area contributed by atoms with Gasteiger partial charge in [-0.15, -0.1) is 0 Å². The van der Waals surface area contributed by atoms with Gasteiger partial charge in [-0.2, -0.15) is 0 Å². The topological polar surface area (TPSA) is 0 Å². The Hall–Kier alpha value is -0.520. The van der Waals surface area contributed by atoms with Crippen LogP contribution in [0.3, 0.4) is 0 Å². The van der Waals surface area contributed by atoms with Gasteiger partial charge in [-0.25, -0.2) is 0 Å². The molecule has 0 aliphatic heterocycles. The first-order chi connectivity index (χ1) is 5.59. The lowest BCUT2D eigenvalue weighted by Crippen LogP contribution is -2.27. The highest BCUT2D eigenvalue weighted by Gasteiger charge is 2.37. The van der Waals surface area contributed by atoms with E-state index in [1.54, 1.807) is 5.57 Å². The molecule has 0 N–H and O–H groups in total. The van der Waals surface area contributed by atoms with E-state index in [-0.39, 0.29) is 0 Å². The molecule has 2 aliphatic carbocycles. The Morgan fingerprint density at radius 3 is 2.92 bits per heavy atom. The Balaban J connectivity index is 2.28. The van der Waals surface area contributed by atoms with Crippen molar-refractivity contribution >= 4 is 0 Å². The second-order valence-corrected chi connectivity index (χ2v) is 4.98. The fraction of sp³-hybridized carbons (Fsp3) is 0.667. The molecule has 0 spiro atoms. The van der Waals surface area contributed by atoms with Crippen molar-refractivity contribution in [2.45, 2.75) is 39.5 Å². The van der Waals surface area contributed by atoms with Gasteiger partial charge >= 0.3 is 0 Å². The summed E-state index contributed by atoms with van der Waals surface area (Å²) in [5.41, 5.74) is 3.56. The lowest BCUT2D eigenvalue weighted by Gasteiger charge is -2.38. The Morgan fingerprint density at radius 2 is 2.25 bits per heavy atom. The summed E-state index contributed by atoms with van der Waals surface area (Å²) >= 11 is 0. The first kappa shape index (κ1) is 8.10. The van der Waals surface area contributed by atoms with Gasteiger partial charge in [0.25, 0.3) is 0 Å². The number of rotatable bonds is 0. The van der Waals surface area contributed by atoms with Crippen LogP contribution < -0.4 is 0 Å². The van der Waals surface area contributed by atoms with Gasteiger partial charge in [0.2, 0.25) is 0 Å². The van der Waals surface area contributed by atoms with Crippen LogP contribution in [0, 0.1) is 11.3 Å². The van der Waals surface area contributed by atoms with Gasteiger partial charge in [0, 0.05) is 0 Å². The van der Waals surface area contributed by atoms with Gasteiger partial charge in [-0.1, -0.05) is 37.6 Å². The molecule has 66 valence electrons. The highest BCUT2D eigenvalue weighted by molar-refractivity contribution is 5.33. The zero-order valence-electron chi connectivity index (χ0n) is 8.19. The SMILES string of the molecule is C=C1C=C2CCCC(C)(C)C2C1. The third kappa shape index (κ3) is 1.14. The van der Waals surface area contributed by atoms with Gasteiger partial charge in [0.15, 0.2) is 0 Å². The van der Waals surface area contributed by atoms with Crippen LogP contribution in [0.4, 0.5) is 0 Å². The van der Waals surface area contributed by atoms with E-state index in [1.165, 1.54) is 31.3 Å². The fourth-order valence-corrected chi connectivity index (χ4v) is 2.76. The van der Waals surface area contributed by atoms with Crippen LogP contribution in [0.5, 0.6) is 0 Å².